The fourth-order valence-electron chi connectivity index (χ4n) is 2.85. The summed E-state index contributed by atoms with van der Waals surface area (Å²) in [5.41, 5.74) is 11.3. The van der Waals surface area contributed by atoms with Crippen LogP contribution in [0.25, 0.3) is 0 Å². The minimum atomic E-state index is -4.75. The molecule has 204 valence electrons. The highest BCUT2D eigenvalue weighted by Crippen LogP contribution is 2.33. The Balaban J connectivity index is 1.61. The molecule has 0 saturated carbocycles. The van der Waals surface area contributed by atoms with Gasteiger partial charge in [-0.05, 0) is 48.4 Å². The molecule has 39 heavy (non-hydrogen) atoms. The fourth-order valence-corrected chi connectivity index (χ4v) is 4.01. The molecule has 0 unspecified atom stereocenters. The number of alkyl halides is 3. The first-order valence-corrected chi connectivity index (χ1v) is 13.2. The van der Waals surface area contributed by atoms with Crippen LogP contribution >= 0.6 is 35.0 Å². The van der Waals surface area contributed by atoms with Crippen molar-refractivity contribution in [2.75, 3.05) is 5.75 Å². The number of ether oxygens (including phenoxy) is 1. The second-order valence-corrected chi connectivity index (χ2v) is 9.53. The van der Waals surface area contributed by atoms with Crippen LogP contribution in [0.2, 0.25) is 10.0 Å². The zero-order valence-electron chi connectivity index (χ0n) is 20.5. The molecule has 0 aliphatic carbocycles. The standard InChI is InChI=1S/C26H23Cl2F3N6OS/c1-2-14-39-25(36-23-21(27)4-3-5-22(23)28)37-35-15-17-6-8-18(9-7-17)24(32)34-16-33-19-10-12-20(13-11-19)38-26(29,30)31/h3-13,15-16H,2,14H2,1H3,(H,36,37)(H2,32,33,34)/b35-15+. The first-order chi connectivity index (χ1) is 18.6. The van der Waals surface area contributed by atoms with E-state index in [0.717, 1.165) is 29.9 Å². The number of nitrogens with one attached hydrogen (secondary N) is 1. The highest BCUT2D eigenvalue weighted by atomic mass is 35.5. The van der Waals surface area contributed by atoms with Crippen molar-refractivity contribution in [2.24, 2.45) is 25.8 Å². The monoisotopic (exact) mass is 594 g/mol. The Morgan fingerprint density at radius 2 is 1.69 bits per heavy atom. The van der Waals surface area contributed by atoms with E-state index in [9.17, 15) is 13.2 Å². The van der Waals surface area contributed by atoms with Crippen LogP contribution in [0.3, 0.4) is 0 Å². The van der Waals surface area contributed by atoms with Crippen LogP contribution in [0.5, 0.6) is 5.75 Å². The molecule has 0 fully saturated rings. The number of rotatable bonds is 9. The smallest absolute Gasteiger partial charge is 0.406 e. The molecule has 0 atom stereocenters. The van der Waals surface area contributed by atoms with Crippen molar-refractivity contribution in [3.05, 3.63) is 87.9 Å². The first-order valence-electron chi connectivity index (χ1n) is 11.4. The number of amidine groups is 2. The van der Waals surface area contributed by atoms with Crippen molar-refractivity contribution in [1.82, 2.24) is 5.43 Å². The summed E-state index contributed by atoms with van der Waals surface area (Å²) in [6.07, 6.45) is -0.961. The summed E-state index contributed by atoms with van der Waals surface area (Å²) in [5, 5.41) is 5.70. The predicted molar refractivity (Wildman–Crippen MR) is 155 cm³/mol. The molecule has 0 radical (unpaired) electrons. The molecule has 0 aliphatic rings. The third kappa shape index (κ3) is 10.3. The third-order valence-electron chi connectivity index (χ3n) is 4.65. The molecule has 3 aromatic carbocycles. The van der Waals surface area contributed by atoms with Crippen molar-refractivity contribution in [3.8, 4) is 5.75 Å². The highest BCUT2D eigenvalue weighted by molar-refractivity contribution is 8.13. The summed E-state index contributed by atoms with van der Waals surface area (Å²) >= 11 is 14.0. The van der Waals surface area contributed by atoms with E-state index in [2.05, 4.69) is 37.2 Å². The minimum Gasteiger partial charge on any atom is -0.406 e. The van der Waals surface area contributed by atoms with Gasteiger partial charge in [0, 0.05) is 11.3 Å². The van der Waals surface area contributed by atoms with E-state index < -0.39 is 6.36 Å². The Kier molecular flexibility index (Phi) is 11.2. The maximum absolute atomic E-state index is 12.2. The normalized spacial score (nSPS) is 12.9. The summed E-state index contributed by atoms with van der Waals surface area (Å²) in [7, 11) is 0. The number of halogens is 5. The molecular weight excluding hydrogens is 572 g/mol. The molecule has 0 spiro atoms. The van der Waals surface area contributed by atoms with E-state index in [4.69, 9.17) is 28.9 Å². The lowest BCUT2D eigenvalue weighted by Crippen LogP contribution is -2.16. The zero-order valence-corrected chi connectivity index (χ0v) is 22.8. The van der Waals surface area contributed by atoms with Crippen molar-refractivity contribution in [3.63, 3.8) is 0 Å². The largest absolute Gasteiger partial charge is 0.573 e. The first kappa shape index (κ1) is 30.0. The number of nitrogens with two attached hydrogens (primary N) is 1. The summed E-state index contributed by atoms with van der Waals surface area (Å²) in [4.78, 5) is 12.7. The molecule has 0 heterocycles. The topological polar surface area (TPSA) is 96.7 Å². The summed E-state index contributed by atoms with van der Waals surface area (Å²) < 4.78 is 40.6. The lowest BCUT2D eigenvalue weighted by molar-refractivity contribution is -0.274. The molecule has 0 aliphatic heterocycles. The number of thioether (sulfide) groups is 1. The number of hydrazone groups is 1. The van der Waals surface area contributed by atoms with Crippen molar-refractivity contribution in [2.45, 2.75) is 19.7 Å². The number of aliphatic imine (C=N–C) groups is 3. The van der Waals surface area contributed by atoms with Gasteiger partial charge in [0.1, 0.15) is 23.6 Å². The average Bonchev–Trinajstić information content (AvgIpc) is 2.89. The molecule has 3 aromatic rings. The van der Waals surface area contributed by atoms with Crippen LogP contribution in [0.15, 0.2) is 86.8 Å². The fraction of sp³-hybridized carbons (Fsp3) is 0.154. The molecule has 0 aromatic heterocycles. The van der Waals surface area contributed by atoms with E-state index in [0.29, 0.717) is 32.2 Å². The van der Waals surface area contributed by atoms with E-state index in [1.165, 1.54) is 30.2 Å². The maximum Gasteiger partial charge on any atom is 0.573 e. The number of benzene rings is 3. The predicted octanol–water partition coefficient (Wildman–Crippen LogP) is 7.71. The van der Waals surface area contributed by atoms with E-state index >= 15 is 0 Å². The molecule has 13 heteroatoms. The Morgan fingerprint density at radius 1 is 1.03 bits per heavy atom. The number of nitrogens with zero attached hydrogens (tertiary/aromatic N) is 4. The van der Waals surface area contributed by atoms with Gasteiger partial charge in [-0.1, -0.05) is 72.2 Å². The molecule has 0 bridgehead atoms. The maximum atomic E-state index is 12.2. The number of hydrogen-bond acceptors (Lipinski definition) is 5. The van der Waals surface area contributed by atoms with Gasteiger partial charge in [0.2, 0.25) is 0 Å². The van der Waals surface area contributed by atoms with Gasteiger partial charge >= 0.3 is 6.36 Å². The lowest BCUT2D eigenvalue weighted by Gasteiger charge is -2.08. The van der Waals surface area contributed by atoms with Crippen LogP contribution in [-0.4, -0.2) is 35.7 Å². The summed E-state index contributed by atoms with van der Waals surface area (Å²) in [6, 6.07) is 17.4. The van der Waals surface area contributed by atoms with Crippen molar-refractivity contribution >= 4 is 69.9 Å². The molecule has 3 N–H and O–H groups in total. The second-order valence-electron chi connectivity index (χ2n) is 7.63. The molecule has 0 amide bonds. The van der Waals surface area contributed by atoms with E-state index in [1.54, 1.807) is 48.7 Å². The quantitative estimate of drug-likeness (QED) is 0.150. The number of para-hydroxylation sites is 1. The van der Waals surface area contributed by atoms with Gasteiger partial charge in [-0.15, -0.1) is 13.2 Å². The Labute approximate surface area is 237 Å². The number of hydrogen-bond donors (Lipinski definition) is 2. The van der Waals surface area contributed by atoms with E-state index in [-0.39, 0.29) is 11.6 Å². The van der Waals surface area contributed by atoms with Gasteiger partial charge in [0.15, 0.2) is 5.17 Å². The van der Waals surface area contributed by atoms with Crippen molar-refractivity contribution in [1.29, 1.82) is 0 Å². The van der Waals surface area contributed by atoms with Gasteiger partial charge in [-0.3, -0.25) is 5.43 Å². The second kappa shape index (κ2) is 14.6. The van der Waals surface area contributed by atoms with Gasteiger partial charge in [0.25, 0.3) is 0 Å². The van der Waals surface area contributed by atoms with Gasteiger partial charge < -0.3 is 10.5 Å². The average molecular weight is 595 g/mol. The van der Waals surface area contributed by atoms with Crippen LogP contribution in [0.4, 0.5) is 24.5 Å². The van der Waals surface area contributed by atoms with Crippen LogP contribution < -0.4 is 15.9 Å². The van der Waals surface area contributed by atoms with Gasteiger partial charge in [-0.2, -0.15) is 5.10 Å². The summed E-state index contributed by atoms with van der Waals surface area (Å²) in [5.74, 6) is 0.702. The van der Waals surface area contributed by atoms with Crippen molar-refractivity contribution < 1.29 is 17.9 Å². The Morgan fingerprint density at radius 3 is 2.31 bits per heavy atom. The SMILES string of the molecule is CCCSC(=Nc1c(Cl)cccc1Cl)N/N=C/c1ccc(C(N)=NC=Nc2ccc(OC(F)(F)F)cc2)cc1. The molecule has 0 saturated heterocycles. The molecular formula is C26H23Cl2F3N6OS. The van der Waals surface area contributed by atoms with Crippen LogP contribution in [0.1, 0.15) is 24.5 Å². The highest BCUT2D eigenvalue weighted by Gasteiger charge is 2.30. The van der Waals surface area contributed by atoms with Gasteiger partial charge in [-0.25, -0.2) is 15.0 Å². The Bertz CT molecular complexity index is 1340. The Hall–Kier alpha value is -3.54. The zero-order chi connectivity index (χ0) is 28.3. The van der Waals surface area contributed by atoms with Gasteiger partial charge in [0.05, 0.1) is 21.9 Å². The third-order valence-corrected chi connectivity index (χ3v) is 6.33. The van der Waals surface area contributed by atoms with E-state index in [1.807, 2.05) is 0 Å². The molecule has 7 nitrogen and oxygen atoms in total. The minimum absolute atomic E-state index is 0.208. The molecule has 3 rings (SSSR count). The van der Waals surface area contributed by atoms with Crippen LogP contribution in [0, 0.1) is 0 Å². The summed E-state index contributed by atoms with van der Waals surface area (Å²) in [6.45, 7) is 2.06. The van der Waals surface area contributed by atoms with Crippen LogP contribution in [-0.2, 0) is 0 Å². The lowest BCUT2D eigenvalue weighted by atomic mass is 10.1.